The van der Waals surface area contributed by atoms with E-state index in [2.05, 4.69) is 144 Å². The summed E-state index contributed by atoms with van der Waals surface area (Å²) >= 11 is 0. The molecule has 0 aliphatic heterocycles. The van der Waals surface area contributed by atoms with Crippen LogP contribution in [0.5, 0.6) is 5.75 Å². The van der Waals surface area contributed by atoms with Crippen LogP contribution in [0.25, 0.3) is 105 Å². The zero-order valence-electron chi connectivity index (χ0n) is 29.9. The number of phenolic OH excluding ortho intramolecular Hbond substituents is 1. The minimum atomic E-state index is 0. The molecule has 0 unspecified atom stereocenters. The van der Waals surface area contributed by atoms with Crippen LogP contribution in [0.4, 0.5) is 0 Å². The molecule has 0 saturated carbocycles. The fourth-order valence-corrected chi connectivity index (χ4v) is 8.15. The van der Waals surface area contributed by atoms with E-state index in [-0.39, 0.29) is 26.8 Å². The summed E-state index contributed by atoms with van der Waals surface area (Å²) in [5.41, 5.74) is 12.0. The molecule has 0 aliphatic carbocycles. The number of imidazole rings is 1. The predicted octanol–water partition coefficient (Wildman–Crippen LogP) is 12.4. The van der Waals surface area contributed by atoms with Crippen LogP contribution < -0.4 is 4.98 Å². The fraction of sp³-hybridized carbons (Fsp3) is 0. The zero-order chi connectivity index (χ0) is 36.5. The number of hydrogen-bond acceptors (Lipinski definition) is 3. The van der Waals surface area contributed by atoms with Crippen LogP contribution in [-0.4, -0.2) is 19.6 Å². The summed E-state index contributed by atoms with van der Waals surface area (Å²) in [6.45, 7) is 0. The maximum absolute atomic E-state index is 11.1. The normalized spacial score (nSPS) is 11.5. The molecule has 0 fully saturated rings. The molecule has 0 saturated heterocycles. The first kappa shape index (κ1) is 33.7. The van der Waals surface area contributed by atoms with Gasteiger partial charge in [0.1, 0.15) is 17.1 Å². The second-order valence-corrected chi connectivity index (χ2v) is 14.0. The summed E-state index contributed by atoms with van der Waals surface area (Å²) < 4.78 is 2.26. The van der Waals surface area contributed by atoms with E-state index in [4.69, 9.17) is 15.0 Å². The summed E-state index contributed by atoms with van der Waals surface area (Å²) in [6.07, 6.45) is 0. The number of para-hydroxylation sites is 3. The monoisotopic (exact) mass is 898 g/mol. The zero-order valence-corrected chi connectivity index (χ0v) is 32.1. The van der Waals surface area contributed by atoms with E-state index >= 15 is 0 Å². The minimum Gasteiger partial charge on any atom is -0.656 e. The molecule has 0 bridgehead atoms. The van der Waals surface area contributed by atoms with Gasteiger partial charge in [0.2, 0.25) is 0 Å². The van der Waals surface area contributed by atoms with Crippen LogP contribution in [0.3, 0.4) is 0 Å². The Labute approximate surface area is 336 Å². The van der Waals surface area contributed by atoms with Crippen molar-refractivity contribution in [1.29, 1.82) is 0 Å². The van der Waals surface area contributed by atoms with Crippen molar-refractivity contribution >= 4 is 54.5 Å². The van der Waals surface area contributed by atoms with E-state index < -0.39 is 0 Å². The van der Waals surface area contributed by atoms with Gasteiger partial charge in [-0.15, -0.1) is 11.0 Å². The van der Waals surface area contributed by atoms with E-state index in [0.29, 0.717) is 5.52 Å². The van der Waals surface area contributed by atoms with Crippen LogP contribution in [0.15, 0.2) is 182 Å². The Balaban J connectivity index is 0.00000384. The molecule has 0 amide bonds. The van der Waals surface area contributed by atoms with Crippen LogP contribution in [0.1, 0.15) is 0 Å². The molecule has 0 aliphatic rings. The Hall–Kier alpha value is -6.81. The van der Waals surface area contributed by atoms with Crippen molar-refractivity contribution < 1.29 is 26.2 Å². The van der Waals surface area contributed by atoms with Gasteiger partial charge in [-0.3, -0.25) is 4.57 Å². The number of aromatic nitrogens is 4. The van der Waals surface area contributed by atoms with Crippen molar-refractivity contribution in [3.63, 3.8) is 0 Å². The van der Waals surface area contributed by atoms with Gasteiger partial charge in [-0.1, -0.05) is 146 Å². The number of fused-ring (bicyclic) bond motifs is 6. The van der Waals surface area contributed by atoms with Crippen LogP contribution in [-0.2, 0) is 21.1 Å². The van der Waals surface area contributed by atoms with E-state index in [1.165, 1.54) is 5.39 Å². The molecule has 11 rings (SSSR count). The van der Waals surface area contributed by atoms with Gasteiger partial charge in [-0.05, 0) is 80.2 Å². The van der Waals surface area contributed by atoms with Crippen molar-refractivity contribution in [3.05, 3.63) is 182 Å². The second kappa shape index (κ2) is 13.5. The Morgan fingerprint density at radius 1 is 0.464 bits per heavy atom. The van der Waals surface area contributed by atoms with Gasteiger partial charge in [-0.25, -0.2) is 9.97 Å². The number of benzene rings is 8. The quantitative estimate of drug-likeness (QED) is 0.187. The maximum Gasteiger partial charge on any atom is 0.144 e. The number of pyridine rings is 1. The number of rotatable bonds is 5. The van der Waals surface area contributed by atoms with Gasteiger partial charge in [0.05, 0.1) is 16.7 Å². The number of hydrogen-bond donors (Lipinski definition) is 1. The molecular weight excluding hydrogens is 868 g/mol. The topological polar surface area (TPSA) is 65.0 Å². The average molecular weight is 899 g/mol. The predicted molar refractivity (Wildman–Crippen MR) is 226 cm³/mol. The largest absolute Gasteiger partial charge is 0.656 e. The number of phenols is 1. The molecular formula is C50H31N4OPt-. The molecule has 8 aromatic carbocycles. The molecule has 268 valence electrons. The van der Waals surface area contributed by atoms with Crippen molar-refractivity contribution in [3.8, 4) is 56.3 Å². The molecule has 0 spiro atoms. The molecule has 0 atom stereocenters. The summed E-state index contributed by atoms with van der Waals surface area (Å²) in [5, 5.41) is 16.6. The third kappa shape index (κ3) is 5.43. The van der Waals surface area contributed by atoms with Crippen molar-refractivity contribution in [1.82, 2.24) is 19.5 Å². The molecule has 6 heteroatoms. The Morgan fingerprint density at radius 2 is 1.12 bits per heavy atom. The Bertz CT molecular complexity index is 3280. The van der Waals surface area contributed by atoms with Gasteiger partial charge in [-0.2, -0.15) is 0 Å². The molecule has 11 aromatic rings. The molecule has 1 N–H and O–H groups in total. The smallest absolute Gasteiger partial charge is 0.144 e. The Kier molecular flexibility index (Phi) is 8.13. The van der Waals surface area contributed by atoms with Gasteiger partial charge < -0.3 is 10.1 Å². The van der Waals surface area contributed by atoms with E-state index in [9.17, 15) is 5.11 Å². The standard InChI is InChI=1S/C50H31N4O.Pt/c55-46-26-12-22-37-41(32-15-5-2-6-16-32)30-44(52-49(37)46)39-23-11-25-45-48(39)53-50(54(45)36-20-9-19-33(27-36)31-13-3-1-4-14-31)40-24-10-21-38-42-28-34-17-7-8-18-35(34)29-43(42)51-47(38)40;/h1-30H,(H-,51,52,53,55);/q-1;. The second-order valence-electron chi connectivity index (χ2n) is 14.0. The van der Waals surface area contributed by atoms with Gasteiger partial charge >= 0.3 is 0 Å². The Morgan fingerprint density at radius 3 is 1.95 bits per heavy atom. The first-order chi connectivity index (χ1) is 27.2. The third-order valence-corrected chi connectivity index (χ3v) is 10.7. The molecule has 0 radical (unpaired) electrons. The van der Waals surface area contributed by atoms with E-state index in [0.717, 1.165) is 94.2 Å². The molecule has 5 nitrogen and oxygen atoms in total. The minimum absolute atomic E-state index is 0. The first-order valence-electron chi connectivity index (χ1n) is 18.4. The van der Waals surface area contributed by atoms with Gasteiger partial charge in [0, 0.05) is 43.3 Å². The van der Waals surface area contributed by atoms with Crippen molar-refractivity contribution in [2.75, 3.05) is 0 Å². The van der Waals surface area contributed by atoms with Crippen LogP contribution in [0.2, 0.25) is 0 Å². The van der Waals surface area contributed by atoms with Crippen molar-refractivity contribution in [2.45, 2.75) is 0 Å². The van der Waals surface area contributed by atoms with Crippen LogP contribution in [0, 0.1) is 0 Å². The summed E-state index contributed by atoms with van der Waals surface area (Å²) in [7, 11) is 0. The number of nitrogens with zero attached hydrogens (tertiary/aromatic N) is 4. The summed E-state index contributed by atoms with van der Waals surface area (Å²) in [5.74, 6) is 0.930. The van der Waals surface area contributed by atoms with E-state index in [1.807, 2.05) is 36.4 Å². The average Bonchev–Trinajstić information content (AvgIpc) is 3.82. The molecule has 56 heavy (non-hydrogen) atoms. The molecule has 3 aromatic heterocycles. The molecule has 3 heterocycles. The summed E-state index contributed by atoms with van der Waals surface area (Å²) in [6, 6.07) is 62.6. The van der Waals surface area contributed by atoms with Gasteiger partial charge in [0.15, 0.2) is 0 Å². The SMILES string of the molecule is Oc1cccc2c(-c3ccccc3)cc(-c3cccc4c3nc(-c3cccc5c3[n-]c3cc6ccccc6cc35)n4-c3cccc(-c4ccccc4)c3)nc12.[Pt]. The maximum atomic E-state index is 11.1. The van der Waals surface area contributed by atoms with Crippen molar-refractivity contribution in [2.24, 2.45) is 0 Å². The fourth-order valence-electron chi connectivity index (χ4n) is 8.15. The third-order valence-electron chi connectivity index (χ3n) is 10.7. The number of aromatic hydroxyl groups is 1. The van der Waals surface area contributed by atoms with Crippen LogP contribution >= 0.6 is 0 Å². The van der Waals surface area contributed by atoms with Gasteiger partial charge in [0.25, 0.3) is 0 Å². The van der Waals surface area contributed by atoms with E-state index in [1.54, 1.807) is 6.07 Å². The first-order valence-corrected chi connectivity index (χ1v) is 18.4. The summed E-state index contributed by atoms with van der Waals surface area (Å²) in [4.78, 5) is 15.9.